The molecule has 0 bridgehead atoms. The average Bonchev–Trinajstić information content (AvgIpc) is 2.92. The van der Waals surface area contributed by atoms with Crippen LogP contribution in [0.15, 0.2) is 28.9 Å². The lowest BCUT2D eigenvalue weighted by Crippen LogP contribution is -2.26. The molecule has 0 atom stereocenters. The van der Waals surface area contributed by atoms with Crippen LogP contribution in [-0.2, 0) is 16.4 Å². The fourth-order valence-electron chi connectivity index (χ4n) is 1.28. The predicted molar refractivity (Wildman–Crippen MR) is 70.8 cm³/mol. The number of nitrogens with zero attached hydrogens (tertiary/aromatic N) is 3. The molecule has 2 rings (SSSR count). The number of rotatable bonds is 6. The highest BCUT2D eigenvalue weighted by Gasteiger charge is 2.14. The van der Waals surface area contributed by atoms with E-state index in [-0.39, 0.29) is 17.4 Å². The van der Waals surface area contributed by atoms with Gasteiger partial charge in [-0.25, -0.2) is 33.9 Å². The molecular formula is C9H12N6O2S2. The van der Waals surface area contributed by atoms with Gasteiger partial charge in [-0.3, -0.25) is 5.43 Å². The Morgan fingerprint density at radius 2 is 2.00 bits per heavy atom. The van der Waals surface area contributed by atoms with Crippen molar-refractivity contribution in [2.24, 2.45) is 5.84 Å². The molecule has 0 saturated carbocycles. The summed E-state index contributed by atoms with van der Waals surface area (Å²) in [5.41, 5.74) is 2.22. The summed E-state index contributed by atoms with van der Waals surface area (Å²) in [4.78, 5) is 11.5. The number of nitrogens with two attached hydrogens (primary N) is 1. The van der Waals surface area contributed by atoms with Crippen LogP contribution in [0.4, 0.5) is 5.95 Å². The standard InChI is InChI=1S/C9H12N6O2S2/c10-15-9-12-5-7(6-13-9)19(16,17)14-2-1-8-11-3-4-18-8/h3-6,14H,1-2,10H2,(H,12,13,15). The first-order valence-corrected chi connectivity index (χ1v) is 7.65. The minimum atomic E-state index is -3.61. The third kappa shape index (κ3) is 3.67. The average molecular weight is 300 g/mol. The van der Waals surface area contributed by atoms with Gasteiger partial charge < -0.3 is 0 Å². The van der Waals surface area contributed by atoms with Crippen molar-refractivity contribution in [2.75, 3.05) is 12.0 Å². The summed E-state index contributed by atoms with van der Waals surface area (Å²) in [7, 11) is -3.61. The first-order valence-electron chi connectivity index (χ1n) is 5.28. The molecule has 2 aromatic heterocycles. The lowest BCUT2D eigenvalue weighted by atomic mass is 10.5. The second-order valence-electron chi connectivity index (χ2n) is 3.46. The molecule has 4 N–H and O–H groups in total. The van der Waals surface area contributed by atoms with Gasteiger partial charge >= 0.3 is 0 Å². The van der Waals surface area contributed by atoms with E-state index in [4.69, 9.17) is 5.84 Å². The number of thiazole rings is 1. The van der Waals surface area contributed by atoms with Crippen LogP contribution in [-0.4, -0.2) is 29.9 Å². The van der Waals surface area contributed by atoms with Crippen LogP contribution in [0.5, 0.6) is 0 Å². The molecule has 0 saturated heterocycles. The third-order valence-electron chi connectivity index (χ3n) is 2.18. The Hall–Kier alpha value is -1.62. The Bertz CT molecular complexity index is 611. The maximum atomic E-state index is 11.9. The predicted octanol–water partition coefficient (Wildman–Crippen LogP) is -0.260. The Labute approximate surface area is 114 Å². The molecule has 10 heteroatoms. The van der Waals surface area contributed by atoms with Crippen molar-refractivity contribution in [3.8, 4) is 0 Å². The molecule has 0 spiro atoms. The molecule has 0 aliphatic carbocycles. The van der Waals surface area contributed by atoms with Crippen LogP contribution < -0.4 is 16.0 Å². The number of hydrazine groups is 1. The van der Waals surface area contributed by atoms with Crippen molar-refractivity contribution in [3.05, 3.63) is 29.0 Å². The molecule has 19 heavy (non-hydrogen) atoms. The van der Waals surface area contributed by atoms with Gasteiger partial charge in [-0.05, 0) is 0 Å². The molecule has 0 aliphatic heterocycles. The fraction of sp³-hybridized carbons (Fsp3) is 0.222. The second kappa shape index (κ2) is 6.02. The Morgan fingerprint density at radius 3 is 2.58 bits per heavy atom. The summed E-state index contributed by atoms with van der Waals surface area (Å²) in [6.07, 6.45) is 4.60. The molecule has 2 aromatic rings. The highest BCUT2D eigenvalue weighted by atomic mass is 32.2. The molecule has 0 unspecified atom stereocenters. The van der Waals surface area contributed by atoms with Gasteiger partial charge in [0.25, 0.3) is 0 Å². The lowest BCUT2D eigenvalue weighted by Gasteiger charge is -2.05. The van der Waals surface area contributed by atoms with Gasteiger partial charge in [-0.1, -0.05) is 0 Å². The SMILES string of the molecule is NNc1ncc(S(=O)(=O)NCCc2nccs2)cn1. The third-order valence-corrected chi connectivity index (χ3v) is 4.44. The molecule has 8 nitrogen and oxygen atoms in total. The van der Waals surface area contributed by atoms with Gasteiger partial charge in [0.1, 0.15) is 4.90 Å². The van der Waals surface area contributed by atoms with Gasteiger partial charge in [-0.2, -0.15) is 0 Å². The van der Waals surface area contributed by atoms with Crippen LogP contribution in [0.1, 0.15) is 5.01 Å². The number of hydrogen-bond acceptors (Lipinski definition) is 8. The highest BCUT2D eigenvalue weighted by molar-refractivity contribution is 7.89. The molecule has 0 amide bonds. The molecular weight excluding hydrogens is 288 g/mol. The molecule has 0 aromatic carbocycles. The van der Waals surface area contributed by atoms with Crippen molar-refractivity contribution < 1.29 is 8.42 Å². The second-order valence-corrected chi connectivity index (χ2v) is 6.21. The summed E-state index contributed by atoms with van der Waals surface area (Å²) in [5.74, 6) is 5.25. The van der Waals surface area contributed by atoms with Crippen LogP contribution in [0, 0.1) is 0 Å². The number of hydrogen-bond donors (Lipinski definition) is 3. The van der Waals surface area contributed by atoms with Crippen LogP contribution in [0.2, 0.25) is 0 Å². The Balaban J connectivity index is 1.97. The van der Waals surface area contributed by atoms with Gasteiger partial charge in [0.15, 0.2) is 0 Å². The topological polar surface area (TPSA) is 123 Å². The van der Waals surface area contributed by atoms with E-state index in [1.807, 2.05) is 5.38 Å². The van der Waals surface area contributed by atoms with E-state index in [1.54, 1.807) is 6.20 Å². The smallest absolute Gasteiger partial charge is 0.243 e. The summed E-state index contributed by atoms with van der Waals surface area (Å²) in [6, 6.07) is 0. The van der Waals surface area contributed by atoms with Crippen molar-refractivity contribution in [1.82, 2.24) is 19.7 Å². The monoisotopic (exact) mass is 300 g/mol. The highest BCUT2D eigenvalue weighted by Crippen LogP contribution is 2.08. The van der Waals surface area contributed by atoms with Crippen molar-refractivity contribution in [1.29, 1.82) is 0 Å². The number of anilines is 1. The molecule has 2 heterocycles. The van der Waals surface area contributed by atoms with E-state index in [0.29, 0.717) is 6.42 Å². The number of aromatic nitrogens is 3. The number of sulfonamides is 1. The van der Waals surface area contributed by atoms with Crippen LogP contribution in [0.3, 0.4) is 0 Å². The summed E-state index contributed by atoms with van der Waals surface area (Å²) in [6.45, 7) is 0.271. The maximum absolute atomic E-state index is 11.9. The molecule has 102 valence electrons. The van der Waals surface area contributed by atoms with Gasteiger partial charge in [0, 0.05) is 24.5 Å². The van der Waals surface area contributed by atoms with Crippen molar-refractivity contribution >= 4 is 27.3 Å². The summed E-state index contributed by atoms with van der Waals surface area (Å²) in [5, 5.41) is 2.72. The normalized spacial score (nSPS) is 11.4. The molecule has 0 aliphatic rings. The number of nitrogens with one attached hydrogen (secondary N) is 2. The van der Waals surface area contributed by atoms with Gasteiger partial charge in [0.05, 0.1) is 17.4 Å². The lowest BCUT2D eigenvalue weighted by molar-refractivity contribution is 0.580. The van der Waals surface area contributed by atoms with E-state index < -0.39 is 10.0 Å². The largest absolute Gasteiger partial charge is 0.292 e. The zero-order valence-corrected chi connectivity index (χ0v) is 11.4. The molecule has 0 fully saturated rings. The van der Waals surface area contributed by atoms with Crippen LogP contribution in [0.25, 0.3) is 0 Å². The summed E-state index contributed by atoms with van der Waals surface area (Å²) < 4.78 is 26.3. The quantitative estimate of drug-likeness (QED) is 0.496. The van der Waals surface area contributed by atoms with E-state index in [0.717, 1.165) is 5.01 Å². The van der Waals surface area contributed by atoms with E-state index in [9.17, 15) is 8.42 Å². The van der Waals surface area contributed by atoms with Gasteiger partial charge in [-0.15, -0.1) is 11.3 Å². The first-order chi connectivity index (χ1) is 9.12. The van der Waals surface area contributed by atoms with Gasteiger partial charge in [0.2, 0.25) is 16.0 Å². The number of nitrogen functional groups attached to an aromatic ring is 1. The summed E-state index contributed by atoms with van der Waals surface area (Å²) >= 11 is 1.48. The Morgan fingerprint density at radius 1 is 1.26 bits per heavy atom. The Kier molecular flexibility index (Phi) is 4.37. The maximum Gasteiger partial charge on any atom is 0.243 e. The van der Waals surface area contributed by atoms with Crippen LogP contribution >= 0.6 is 11.3 Å². The van der Waals surface area contributed by atoms with E-state index >= 15 is 0 Å². The van der Waals surface area contributed by atoms with E-state index in [1.165, 1.54) is 23.7 Å². The molecule has 0 radical (unpaired) electrons. The van der Waals surface area contributed by atoms with Crippen molar-refractivity contribution in [2.45, 2.75) is 11.3 Å². The van der Waals surface area contributed by atoms with Crippen molar-refractivity contribution in [3.63, 3.8) is 0 Å². The fourth-order valence-corrected chi connectivity index (χ4v) is 2.82. The zero-order chi connectivity index (χ0) is 13.7. The zero-order valence-electron chi connectivity index (χ0n) is 9.78. The minimum absolute atomic E-state index is 0.00867. The minimum Gasteiger partial charge on any atom is -0.292 e. The first kappa shape index (κ1) is 13.8. The van der Waals surface area contributed by atoms with E-state index in [2.05, 4.69) is 25.1 Å².